The van der Waals surface area contributed by atoms with Crippen LogP contribution in [0.2, 0.25) is 0 Å². The Balaban J connectivity index is 1.37. The number of phenols is 2. The van der Waals surface area contributed by atoms with Gasteiger partial charge in [0, 0.05) is 11.8 Å². The van der Waals surface area contributed by atoms with Gasteiger partial charge < -0.3 is 80.2 Å². The fourth-order valence-electron chi connectivity index (χ4n) is 8.74. The van der Waals surface area contributed by atoms with E-state index in [0.29, 0.717) is 0 Å². The van der Waals surface area contributed by atoms with Gasteiger partial charge in [-0.3, -0.25) is 9.59 Å². The van der Waals surface area contributed by atoms with Gasteiger partial charge in [0.25, 0.3) is 0 Å². The zero-order valence-corrected chi connectivity index (χ0v) is 31.5. The zero-order valence-electron chi connectivity index (χ0n) is 31.5. The molecule has 0 radical (unpaired) electrons. The topological polar surface area (TPSA) is 331 Å². The largest absolute Gasteiger partial charge is 0.507 e. The lowest BCUT2D eigenvalue weighted by Crippen LogP contribution is -2.60. The maximum atomic E-state index is 14.7. The summed E-state index contributed by atoms with van der Waals surface area (Å²) >= 11 is 0. The van der Waals surface area contributed by atoms with Crippen LogP contribution in [0.4, 0.5) is 0 Å². The van der Waals surface area contributed by atoms with Gasteiger partial charge in [0.1, 0.15) is 71.8 Å². The highest BCUT2D eigenvalue weighted by Crippen LogP contribution is 2.56. The molecule has 2 aliphatic carbocycles. The van der Waals surface area contributed by atoms with Gasteiger partial charge in [-0.05, 0) is 58.1 Å². The molecule has 0 aromatic heterocycles. The lowest BCUT2D eigenvalue weighted by molar-refractivity contribution is -0.277. The number of aromatic hydroxyl groups is 2. The van der Waals surface area contributed by atoms with Crippen LogP contribution in [0.1, 0.15) is 81.9 Å². The number of aromatic carboxylic acids is 1. The van der Waals surface area contributed by atoms with Crippen molar-refractivity contribution in [3.05, 3.63) is 116 Å². The summed E-state index contributed by atoms with van der Waals surface area (Å²) < 4.78 is 23.1. The van der Waals surface area contributed by atoms with Gasteiger partial charge >= 0.3 is 5.97 Å². The molecule has 2 heterocycles. The van der Waals surface area contributed by atoms with Crippen molar-refractivity contribution in [2.45, 2.75) is 79.9 Å². The number of benzene rings is 4. The Morgan fingerprint density at radius 2 is 1.00 bits per heavy atom. The highest BCUT2D eigenvalue weighted by molar-refractivity contribution is 6.18. The van der Waals surface area contributed by atoms with Crippen LogP contribution in [0, 0.1) is 0 Å². The van der Waals surface area contributed by atoms with Crippen LogP contribution in [0.5, 0.6) is 23.0 Å². The number of carboxylic acids is 1. The van der Waals surface area contributed by atoms with E-state index >= 15 is 0 Å². The van der Waals surface area contributed by atoms with Crippen molar-refractivity contribution in [3.63, 3.8) is 0 Å². The highest BCUT2D eigenvalue weighted by atomic mass is 16.7. The van der Waals surface area contributed by atoms with Crippen LogP contribution < -0.4 is 9.47 Å². The summed E-state index contributed by atoms with van der Waals surface area (Å²) in [6, 6.07) is 13.1. The van der Waals surface area contributed by atoms with Gasteiger partial charge in [-0.15, -0.1) is 0 Å². The smallest absolute Gasteiger partial charge is 0.335 e. The van der Waals surface area contributed by atoms with Gasteiger partial charge in [-0.2, -0.15) is 0 Å². The van der Waals surface area contributed by atoms with Crippen LogP contribution in [-0.2, 0) is 16.1 Å². The number of ether oxygens (including phenoxy) is 4. The number of hydrogen-bond donors (Lipinski definition) is 12. The fraction of sp³-hybridized carbons (Fsp3) is 0.357. The molecule has 0 amide bonds. The van der Waals surface area contributed by atoms with E-state index in [0.717, 1.165) is 18.2 Å². The van der Waals surface area contributed by atoms with E-state index in [1.165, 1.54) is 42.5 Å². The molecule has 2 fully saturated rings. The monoisotopic (exact) mass is 848 g/mol. The van der Waals surface area contributed by atoms with E-state index in [9.17, 15) is 75.7 Å². The minimum Gasteiger partial charge on any atom is -0.507 e. The number of aliphatic hydroxyl groups is 9. The second-order valence-electron chi connectivity index (χ2n) is 15.2. The van der Waals surface area contributed by atoms with Crippen LogP contribution in [0.25, 0.3) is 0 Å². The van der Waals surface area contributed by atoms with Crippen LogP contribution >= 0.6 is 0 Å². The van der Waals surface area contributed by atoms with E-state index in [-0.39, 0.29) is 56.0 Å². The summed E-state index contributed by atoms with van der Waals surface area (Å²) in [5.74, 6) is -7.67. The molecule has 2 unspecified atom stereocenters. The number of fused-ring (bicyclic) bond motifs is 4. The van der Waals surface area contributed by atoms with Gasteiger partial charge in [0.05, 0.1) is 47.6 Å². The van der Waals surface area contributed by atoms with Gasteiger partial charge in [0.2, 0.25) is 24.1 Å². The minimum absolute atomic E-state index is 0.0646. The van der Waals surface area contributed by atoms with Crippen molar-refractivity contribution in [1.29, 1.82) is 0 Å². The first-order chi connectivity index (χ1) is 29.1. The van der Waals surface area contributed by atoms with Crippen molar-refractivity contribution in [3.8, 4) is 23.0 Å². The van der Waals surface area contributed by atoms with Crippen molar-refractivity contribution < 1.29 is 94.6 Å². The summed E-state index contributed by atoms with van der Waals surface area (Å²) in [5.41, 5.74) is -1.30. The molecule has 0 spiro atoms. The van der Waals surface area contributed by atoms with Crippen LogP contribution in [0.3, 0.4) is 0 Å². The van der Waals surface area contributed by atoms with Gasteiger partial charge in [0.15, 0.2) is 0 Å². The van der Waals surface area contributed by atoms with Crippen LogP contribution in [0.15, 0.2) is 60.7 Å². The Kier molecular flexibility index (Phi) is 11.1. The maximum Gasteiger partial charge on any atom is 0.335 e. The molecule has 2 aliphatic heterocycles. The van der Waals surface area contributed by atoms with Crippen molar-refractivity contribution in [2.75, 3.05) is 13.2 Å². The number of phenolic OH excluding ortho intramolecular Hbond substituents is 2. The van der Waals surface area contributed by atoms with Gasteiger partial charge in [-0.25, -0.2) is 4.79 Å². The molecule has 19 heteroatoms. The Morgan fingerprint density at radius 1 is 0.557 bits per heavy atom. The van der Waals surface area contributed by atoms with Crippen molar-refractivity contribution in [2.24, 2.45) is 0 Å². The fourth-order valence-corrected chi connectivity index (χ4v) is 8.74. The number of carboxylic acid groups (broad SMARTS) is 1. The SMILES string of the molecule is O=C(O)c1cc(O)c2c(c1)C(C1c3cc(CO)cc(O)c3C(=O)c3c(O[C@@H]4O[C@H](CO)[C@@H](O)[C@H](O)[C@@H]4O)cccc31)c1cccc(O[C@@H]3O[C@H](CO)[C@@H](O)[C@H](O)[C@@H]3O)c1C2=O. The summed E-state index contributed by atoms with van der Waals surface area (Å²) in [7, 11) is 0. The highest BCUT2D eigenvalue weighted by Gasteiger charge is 2.50. The Hall–Kier alpha value is -5.55. The molecule has 8 rings (SSSR count). The molecule has 4 aromatic carbocycles. The Morgan fingerprint density at radius 3 is 1.43 bits per heavy atom. The lowest BCUT2D eigenvalue weighted by Gasteiger charge is -2.41. The van der Waals surface area contributed by atoms with E-state index in [1.807, 2.05) is 0 Å². The summed E-state index contributed by atoms with van der Waals surface area (Å²) in [6.45, 7) is -2.21. The molecule has 4 aliphatic rings. The third-order valence-electron chi connectivity index (χ3n) is 11.7. The first-order valence-electron chi connectivity index (χ1n) is 19.0. The number of carbonyl (C=O) groups excluding carboxylic acids is 2. The normalized spacial score (nSPS) is 30.4. The molecule has 19 nitrogen and oxygen atoms in total. The standard InChI is InChI=1S/C42H40O19/c43-11-14-7-18-26(16-3-1-5-22(30(16)34(50)28(18)20(46)8-14)58-41-38(54)36(52)32(48)24(12-44)60-41)27-17-4-2-6-23(59-42-39(55)37(53)33(49)25(13-45)61-42)31(17)35(51)29-19(27)9-15(40(56)57)10-21(29)47/h1-10,24-27,32-33,36-39,41-49,52-55H,11-13H2,(H,56,57)/t24-,25-,26?,27?,32-,33-,36+,37+,38+,39+,41-,42-/m1/s1. The molecular formula is C42H40O19. The zero-order chi connectivity index (χ0) is 43.8. The first-order valence-corrected chi connectivity index (χ1v) is 19.0. The molecular weight excluding hydrogens is 808 g/mol. The molecule has 0 saturated carbocycles. The molecule has 61 heavy (non-hydrogen) atoms. The number of carbonyl (C=O) groups is 3. The molecule has 12 N–H and O–H groups in total. The number of aliphatic hydroxyl groups excluding tert-OH is 9. The van der Waals surface area contributed by atoms with E-state index < -0.39 is 133 Å². The van der Waals surface area contributed by atoms with Crippen LogP contribution in [-0.4, -0.2) is 153 Å². The average Bonchev–Trinajstić information content (AvgIpc) is 3.24. The Labute approximate surface area is 344 Å². The number of hydrogen-bond acceptors (Lipinski definition) is 18. The quantitative estimate of drug-likeness (QED) is 0.0931. The summed E-state index contributed by atoms with van der Waals surface area (Å²) in [6.07, 6.45) is -17.4. The Bertz CT molecular complexity index is 2410. The molecule has 12 atom stereocenters. The third kappa shape index (κ3) is 6.80. The lowest BCUT2D eigenvalue weighted by atomic mass is 9.63. The molecule has 322 valence electrons. The predicted molar refractivity (Wildman–Crippen MR) is 201 cm³/mol. The summed E-state index contributed by atoms with van der Waals surface area (Å²) in [5, 5.41) is 126. The van der Waals surface area contributed by atoms with E-state index in [2.05, 4.69) is 0 Å². The minimum atomic E-state index is -1.91. The predicted octanol–water partition coefficient (Wildman–Crippen LogP) is -1.30. The van der Waals surface area contributed by atoms with Crippen molar-refractivity contribution >= 4 is 17.5 Å². The molecule has 2 saturated heterocycles. The van der Waals surface area contributed by atoms with Gasteiger partial charge in [-0.1, -0.05) is 30.3 Å². The maximum absolute atomic E-state index is 14.7. The molecule has 4 aromatic rings. The second-order valence-corrected chi connectivity index (χ2v) is 15.2. The molecule has 0 bridgehead atoms. The second kappa shape index (κ2) is 16.0. The third-order valence-corrected chi connectivity index (χ3v) is 11.7. The van der Waals surface area contributed by atoms with E-state index in [1.54, 1.807) is 0 Å². The first kappa shape index (κ1) is 42.2. The van der Waals surface area contributed by atoms with Crippen molar-refractivity contribution in [1.82, 2.24) is 0 Å². The number of ketones is 2. The van der Waals surface area contributed by atoms with E-state index in [4.69, 9.17) is 18.9 Å². The summed E-state index contributed by atoms with van der Waals surface area (Å²) in [4.78, 5) is 41.8. The average molecular weight is 849 g/mol. The number of rotatable bonds is 9.